The highest BCUT2D eigenvalue weighted by Gasteiger charge is 2.51. The quantitative estimate of drug-likeness (QED) is 0.395. The first-order valence-corrected chi connectivity index (χ1v) is 12.8. The van der Waals surface area contributed by atoms with Crippen molar-refractivity contribution in [3.8, 4) is 22.9 Å². The molecule has 0 unspecified atom stereocenters. The number of alkyl halides is 2. The van der Waals surface area contributed by atoms with Gasteiger partial charge in [0, 0.05) is 40.6 Å². The lowest BCUT2D eigenvalue weighted by molar-refractivity contribution is -0.0505. The Kier molecular flexibility index (Phi) is 4.91. The lowest BCUT2D eigenvalue weighted by Gasteiger charge is -2.48. The smallest absolute Gasteiger partial charge is 0.387 e. The second kappa shape index (κ2) is 8.07. The molecule has 3 aliphatic rings. The molecule has 1 aromatic carbocycles. The third kappa shape index (κ3) is 3.53. The van der Waals surface area contributed by atoms with Gasteiger partial charge in [0.15, 0.2) is 0 Å². The van der Waals surface area contributed by atoms with E-state index >= 15 is 0 Å². The molecule has 8 nitrogen and oxygen atoms in total. The summed E-state index contributed by atoms with van der Waals surface area (Å²) in [6.07, 6.45) is 5.27. The Morgan fingerprint density at radius 1 is 1.21 bits per heavy atom. The zero-order valence-corrected chi connectivity index (χ0v) is 21.0. The molecule has 1 saturated carbocycles. The summed E-state index contributed by atoms with van der Waals surface area (Å²) in [5.41, 5.74) is 11.3. The fourth-order valence-corrected chi connectivity index (χ4v) is 6.73. The van der Waals surface area contributed by atoms with E-state index < -0.39 is 17.6 Å². The number of halogens is 2. The largest absolute Gasteiger partial charge is 0.434 e. The van der Waals surface area contributed by atoms with Gasteiger partial charge >= 0.3 is 6.61 Å². The molecule has 0 spiro atoms. The predicted octanol–water partition coefficient (Wildman–Crippen LogP) is 4.80. The number of rotatable bonds is 4. The highest BCUT2D eigenvalue weighted by Crippen LogP contribution is 2.52. The first-order chi connectivity index (χ1) is 18.7. The Morgan fingerprint density at radius 2 is 2.03 bits per heavy atom. The molecule has 3 aromatic heterocycles. The van der Waals surface area contributed by atoms with E-state index in [1.54, 1.807) is 22.8 Å². The maximum absolute atomic E-state index is 13.3. The number of carbonyl (C=O) groups is 1. The van der Waals surface area contributed by atoms with Gasteiger partial charge in [0.1, 0.15) is 5.75 Å². The van der Waals surface area contributed by atoms with Crippen molar-refractivity contribution in [2.24, 2.45) is 11.1 Å². The molecule has 2 atom stereocenters. The van der Waals surface area contributed by atoms with Crippen LogP contribution in [-0.2, 0) is 5.54 Å². The minimum absolute atomic E-state index is 0.00523. The molecule has 196 valence electrons. The fraction of sp³-hybridized carbons (Fsp3) is 0.310. The monoisotopic (exact) mass is 526 g/mol. The number of hydrogen-bond donors (Lipinski definition) is 2. The van der Waals surface area contributed by atoms with Crippen LogP contribution in [0.1, 0.15) is 71.0 Å². The summed E-state index contributed by atoms with van der Waals surface area (Å²) < 4.78 is 33.2. The molecule has 4 heterocycles. The van der Waals surface area contributed by atoms with E-state index in [0.717, 1.165) is 33.6 Å². The highest BCUT2D eigenvalue weighted by molar-refractivity contribution is 5.98. The van der Waals surface area contributed by atoms with Crippen molar-refractivity contribution in [1.82, 2.24) is 19.9 Å². The average Bonchev–Trinajstić information content (AvgIpc) is 3.39. The standard InChI is InChI=1S/C29H24F2N6O2/c1-28(14-32)12-29(33,13-28)22-6-5-16(11-34-22)15-7-8-37-20(9-15)24-18-10-19(25(24)36-37)35-26(38)17-3-2-4-21(23(17)18)39-27(30)31/h2-9,11,18-19,27H,10,12-13,33H2,1H3,(H,35,38)/t18-,19-,28?,29?/m1/s1. The third-order valence-electron chi connectivity index (χ3n) is 8.32. The summed E-state index contributed by atoms with van der Waals surface area (Å²) in [6.45, 7) is -1.10. The van der Waals surface area contributed by atoms with Crippen LogP contribution in [0.25, 0.3) is 16.6 Å². The topological polar surface area (TPSA) is 118 Å². The van der Waals surface area contributed by atoms with E-state index in [-0.39, 0.29) is 23.6 Å². The van der Waals surface area contributed by atoms with Gasteiger partial charge in [0.25, 0.3) is 5.91 Å². The Balaban J connectivity index is 1.29. The van der Waals surface area contributed by atoms with Crippen molar-refractivity contribution < 1.29 is 18.3 Å². The van der Waals surface area contributed by atoms with Crippen LogP contribution in [0.15, 0.2) is 54.9 Å². The van der Waals surface area contributed by atoms with Gasteiger partial charge in [0.2, 0.25) is 0 Å². The number of benzene rings is 1. The van der Waals surface area contributed by atoms with E-state index in [1.807, 2.05) is 37.4 Å². The number of fused-ring (bicyclic) bond motifs is 9. The van der Waals surface area contributed by atoms with Crippen molar-refractivity contribution in [2.75, 3.05) is 0 Å². The zero-order valence-electron chi connectivity index (χ0n) is 21.0. The summed E-state index contributed by atoms with van der Waals surface area (Å²) in [5, 5.41) is 17.1. The number of nitrogens with two attached hydrogens (primary N) is 1. The van der Waals surface area contributed by atoms with Crippen LogP contribution < -0.4 is 15.8 Å². The molecular weight excluding hydrogens is 502 g/mol. The zero-order chi connectivity index (χ0) is 27.1. The number of ether oxygens (including phenoxy) is 1. The summed E-state index contributed by atoms with van der Waals surface area (Å²) in [5.74, 6) is -0.663. The Morgan fingerprint density at radius 3 is 2.74 bits per heavy atom. The number of hydrogen-bond acceptors (Lipinski definition) is 6. The average molecular weight is 527 g/mol. The lowest BCUT2D eigenvalue weighted by Crippen LogP contribution is -2.54. The summed E-state index contributed by atoms with van der Waals surface area (Å²) in [6, 6.07) is 14.5. The molecule has 0 radical (unpaired) electrons. The van der Waals surface area contributed by atoms with Crippen LogP contribution >= 0.6 is 0 Å². The minimum atomic E-state index is -3.01. The highest BCUT2D eigenvalue weighted by atomic mass is 19.3. The second-order valence-electron chi connectivity index (χ2n) is 11.1. The van der Waals surface area contributed by atoms with Gasteiger partial charge < -0.3 is 15.8 Å². The molecular formula is C29H24F2N6O2. The molecule has 3 N–H and O–H groups in total. The van der Waals surface area contributed by atoms with Crippen molar-refractivity contribution in [3.63, 3.8) is 0 Å². The van der Waals surface area contributed by atoms with E-state index in [9.17, 15) is 18.8 Å². The lowest BCUT2D eigenvalue weighted by atomic mass is 9.58. The van der Waals surface area contributed by atoms with Crippen LogP contribution in [-0.4, -0.2) is 27.1 Å². The molecule has 1 fully saturated rings. The first kappa shape index (κ1) is 23.7. The number of amides is 1. The van der Waals surface area contributed by atoms with Crippen molar-refractivity contribution >= 4 is 11.4 Å². The molecule has 7 rings (SSSR count). The predicted molar refractivity (Wildman–Crippen MR) is 137 cm³/mol. The Hall–Kier alpha value is -4.36. The van der Waals surface area contributed by atoms with Gasteiger partial charge in [-0.1, -0.05) is 12.1 Å². The van der Waals surface area contributed by atoms with Gasteiger partial charge in [-0.2, -0.15) is 19.1 Å². The molecule has 1 amide bonds. The molecule has 10 heteroatoms. The van der Waals surface area contributed by atoms with Gasteiger partial charge in [-0.3, -0.25) is 9.78 Å². The maximum atomic E-state index is 13.3. The van der Waals surface area contributed by atoms with Gasteiger partial charge in [0.05, 0.1) is 40.0 Å². The molecule has 4 aromatic rings. The van der Waals surface area contributed by atoms with Gasteiger partial charge in [-0.25, -0.2) is 4.52 Å². The van der Waals surface area contributed by atoms with E-state index in [1.165, 1.54) is 6.07 Å². The van der Waals surface area contributed by atoms with Crippen molar-refractivity contribution in [2.45, 2.75) is 50.3 Å². The van der Waals surface area contributed by atoms with Crippen LogP contribution in [0.2, 0.25) is 0 Å². The number of aromatic nitrogens is 3. The van der Waals surface area contributed by atoms with Gasteiger partial charge in [-0.05, 0) is 62.1 Å². The molecule has 2 aliphatic carbocycles. The number of nitrogens with zero attached hydrogens (tertiary/aromatic N) is 4. The summed E-state index contributed by atoms with van der Waals surface area (Å²) >= 11 is 0. The number of carbonyl (C=O) groups excluding carboxylic acids is 1. The fourth-order valence-electron chi connectivity index (χ4n) is 6.73. The van der Waals surface area contributed by atoms with Gasteiger partial charge in [-0.15, -0.1) is 0 Å². The summed E-state index contributed by atoms with van der Waals surface area (Å²) in [4.78, 5) is 17.6. The Bertz CT molecular complexity index is 1700. The minimum Gasteiger partial charge on any atom is -0.434 e. The summed E-state index contributed by atoms with van der Waals surface area (Å²) in [7, 11) is 0. The maximum Gasteiger partial charge on any atom is 0.387 e. The Labute approximate surface area is 222 Å². The normalized spacial score (nSPS) is 26.8. The van der Waals surface area contributed by atoms with E-state index in [4.69, 9.17) is 15.6 Å². The molecule has 2 bridgehead atoms. The van der Waals surface area contributed by atoms with E-state index in [2.05, 4.69) is 16.4 Å². The SMILES string of the molecule is CC1(C#N)CC(N)(c2ccc(-c3ccn4nc5c(c4c3)[C@@H]3C[C@H]5NC(=O)c4cccc(OC(F)F)c43)cn2)C1. The van der Waals surface area contributed by atoms with E-state index in [0.29, 0.717) is 30.4 Å². The molecule has 1 aliphatic heterocycles. The first-order valence-electron chi connectivity index (χ1n) is 12.8. The molecule has 0 saturated heterocycles. The van der Waals surface area contributed by atoms with Crippen LogP contribution in [0.4, 0.5) is 8.78 Å². The van der Waals surface area contributed by atoms with Crippen LogP contribution in [0.3, 0.4) is 0 Å². The number of pyridine rings is 2. The second-order valence-corrected chi connectivity index (χ2v) is 11.1. The van der Waals surface area contributed by atoms with Crippen molar-refractivity contribution in [3.05, 3.63) is 82.9 Å². The van der Waals surface area contributed by atoms with Crippen LogP contribution in [0.5, 0.6) is 5.75 Å². The third-order valence-corrected chi connectivity index (χ3v) is 8.32. The van der Waals surface area contributed by atoms with Crippen LogP contribution in [0, 0.1) is 16.7 Å². The number of nitrogens with one attached hydrogen (secondary N) is 1. The van der Waals surface area contributed by atoms with Crippen molar-refractivity contribution in [1.29, 1.82) is 5.26 Å². The molecule has 39 heavy (non-hydrogen) atoms. The number of nitriles is 1.